The monoisotopic (exact) mass is 417 g/mol. The second-order valence-electron chi connectivity index (χ2n) is 7.23. The number of nitrogens with zero attached hydrogens (tertiary/aromatic N) is 3. The van der Waals surface area contributed by atoms with Crippen molar-refractivity contribution in [2.75, 3.05) is 18.7 Å². The molecule has 2 aromatic heterocycles. The lowest BCUT2D eigenvalue weighted by Gasteiger charge is -2.09. The number of fused-ring (bicyclic) bond motifs is 2. The van der Waals surface area contributed by atoms with E-state index in [0.29, 0.717) is 24.6 Å². The first-order valence-electron chi connectivity index (χ1n) is 9.80. The molecule has 0 spiro atoms. The smallest absolute Gasteiger partial charge is 0.334 e. The molecule has 0 bridgehead atoms. The number of aromatic amines is 1. The number of aromatic nitrogens is 4. The summed E-state index contributed by atoms with van der Waals surface area (Å²) in [5, 5.41) is 3.36. The Morgan fingerprint density at radius 2 is 2.00 bits per heavy atom. The molecule has 2 N–H and O–H groups in total. The quantitative estimate of drug-likeness (QED) is 0.512. The SMILES string of the molecule is Cc1cccc(-n2c(=O)[nH]c3nc(NCCc4ccc5c(c4)OCO5)ncc3c2=O)c1. The van der Waals surface area contributed by atoms with Gasteiger partial charge in [-0.1, -0.05) is 18.2 Å². The highest BCUT2D eigenvalue weighted by molar-refractivity contribution is 5.73. The van der Waals surface area contributed by atoms with Crippen LogP contribution in [0.15, 0.2) is 58.3 Å². The molecule has 5 rings (SSSR count). The van der Waals surface area contributed by atoms with Gasteiger partial charge < -0.3 is 14.8 Å². The van der Waals surface area contributed by atoms with Crippen molar-refractivity contribution < 1.29 is 9.47 Å². The molecule has 1 aliphatic rings. The molecular formula is C22H19N5O4. The van der Waals surface area contributed by atoms with Crippen LogP contribution in [0.25, 0.3) is 16.7 Å². The van der Waals surface area contributed by atoms with Crippen LogP contribution >= 0.6 is 0 Å². The molecule has 2 aromatic carbocycles. The molecule has 1 aliphatic heterocycles. The largest absolute Gasteiger partial charge is 0.454 e. The van der Waals surface area contributed by atoms with E-state index in [9.17, 15) is 9.59 Å². The summed E-state index contributed by atoms with van der Waals surface area (Å²) in [6, 6.07) is 13.0. The third kappa shape index (κ3) is 3.61. The molecule has 31 heavy (non-hydrogen) atoms. The molecule has 4 aromatic rings. The molecule has 0 amide bonds. The van der Waals surface area contributed by atoms with Gasteiger partial charge in [0, 0.05) is 12.7 Å². The number of H-pyrrole nitrogens is 1. The lowest BCUT2D eigenvalue weighted by molar-refractivity contribution is 0.174. The molecule has 0 saturated carbocycles. The topological polar surface area (TPSA) is 111 Å². The van der Waals surface area contributed by atoms with E-state index >= 15 is 0 Å². The van der Waals surface area contributed by atoms with E-state index in [2.05, 4.69) is 20.3 Å². The van der Waals surface area contributed by atoms with Crippen LogP contribution in [0.1, 0.15) is 11.1 Å². The zero-order valence-electron chi connectivity index (χ0n) is 16.7. The summed E-state index contributed by atoms with van der Waals surface area (Å²) in [6.45, 7) is 2.70. The Bertz CT molecular complexity index is 1410. The van der Waals surface area contributed by atoms with Crippen LogP contribution in [0.4, 0.5) is 5.95 Å². The van der Waals surface area contributed by atoms with E-state index in [0.717, 1.165) is 27.2 Å². The average molecular weight is 417 g/mol. The van der Waals surface area contributed by atoms with Gasteiger partial charge >= 0.3 is 5.69 Å². The minimum absolute atomic E-state index is 0.194. The molecule has 0 atom stereocenters. The van der Waals surface area contributed by atoms with Crippen molar-refractivity contribution in [3.05, 3.63) is 80.6 Å². The summed E-state index contributed by atoms with van der Waals surface area (Å²) in [4.78, 5) is 36.7. The maximum Gasteiger partial charge on any atom is 0.334 e. The molecule has 9 nitrogen and oxygen atoms in total. The number of anilines is 1. The Morgan fingerprint density at radius 1 is 1.13 bits per heavy atom. The fourth-order valence-corrected chi connectivity index (χ4v) is 3.51. The third-order valence-electron chi connectivity index (χ3n) is 5.04. The van der Waals surface area contributed by atoms with Crippen LogP contribution in [0.2, 0.25) is 0 Å². The summed E-state index contributed by atoms with van der Waals surface area (Å²) >= 11 is 0. The first-order valence-corrected chi connectivity index (χ1v) is 9.80. The zero-order chi connectivity index (χ0) is 21.4. The first-order chi connectivity index (χ1) is 15.1. The van der Waals surface area contributed by atoms with Crippen molar-refractivity contribution in [1.29, 1.82) is 0 Å². The van der Waals surface area contributed by atoms with E-state index < -0.39 is 11.2 Å². The molecule has 0 fully saturated rings. The highest BCUT2D eigenvalue weighted by Crippen LogP contribution is 2.32. The van der Waals surface area contributed by atoms with Crippen molar-refractivity contribution in [3.63, 3.8) is 0 Å². The number of aryl methyl sites for hydroxylation is 1. The maximum absolute atomic E-state index is 12.9. The van der Waals surface area contributed by atoms with Gasteiger partial charge in [-0.15, -0.1) is 0 Å². The highest BCUT2D eigenvalue weighted by Gasteiger charge is 2.14. The van der Waals surface area contributed by atoms with Crippen molar-refractivity contribution in [1.82, 2.24) is 19.5 Å². The Kier molecular flexibility index (Phi) is 4.62. The van der Waals surface area contributed by atoms with E-state index in [1.54, 1.807) is 18.2 Å². The normalized spacial score (nSPS) is 12.3. The first kappa shape index (κ1) is 18.9. The number of nitrogens with one attached hydrogen (secondary N) is 2. The molecule has 0 radical (unpaired) electrons. The van der Waals surface area contributed by atoms with Crippen molar-refractivity contribution in [3.8, 4) is 17.2 Å². The van der Waals surface area contributed by atoms with E-state index in [4.69, 9.17) is 9.47 Å². The molecule has 0 saturated heterocycles. The Balaban J connectivity index is 1.37. The lowest BCUT2D eigenvalue weighted by atomic mass is 10.1. The zero-order valence-corrected chi connectivity index (χ0v) is 16.7. The van der Waals surface area contributed by atoms with Crippen molar-refractivity contribution in [2.45, 2.75) is 13.3 Å². The van der Waals surface area contributed by atoms with Gasteiger partial charge in [0.15, 0.2) is 17.1 Å². The van der Waals surface area contributed by atoms with E-state index in [1.807, 2.05) is 31.2 Å². The summed E-state index contributed by atoms with van der Waals surface area (Å²) < 4.78 is 11.8. The summed E-state index contributed by atoms with van der Waals surface area (Å²) in [6.07, 6.45) is 2.14. The van der Waals surface area contributed by atoms with E-state index in [-0.39, 0.29) is 17.8 Å². The fraction of sp³-hybridized carbons (Fsp3) is 0.182. The van der Waals surface area contributed by atoms with Gasteiger partial charge in [-0.2, -0.15) is 4.98 Å². The van der Waals surface area contributed by atoms with E-state index in [1.165, 1.54) is 6.20 Å². The Hall–Kier alpha value is -4.14. The molecular weight excluding hydrogens is 398 g/mol. The molecule has 156 valence electrons. The van der Waals surface area contributed by atoms with Crippen molar-refractivity contribution >= 4 is 17.0 Å². The van der Waals surface area contributed by atoms with Crippen molar-refractivity contribution in [2.24, 2.45) is 0 Å². The predicted molar refractivity (Wildman–Crippen MR) is 115 cm³/mol. The van der Waals surface area contributed by atoms with Crippen LogP contribution in [0.5, 0.6) is 11.5 Å². The second-order valence-corrected chi connectivity index (χ2v) is 7.23. The van der Waals surface area contributed by atoms with Gasteiger partial charge in [-0.05, 0) is 48.7 Å². The minimum atomic E-state index is -0.548. The highest BCUT2D eigenvalue weighted by atomic mass is 16.7. The number of ether oxygens (including phenoxy) is 2. The standard InChI is InChI=1S/C22H19N5O4/c1-13-3-2-4-15(9-13)27-20(28)16-11-24-21(25-19(16)26-22(27)29)23-8-7-14-5-6-17-18(10-14)31-12-30-17/h2-6,9-11H,7-8,12H2,1H3,(H2,23,24,25,26,29). The van der Waals surface area contributed by atoms with Crippen LogP contribution in [0, 0.1) is 6.92 Å². The second kappa shape index (κ2) is 7.60. The van der Waals surface area contributed by atoms with Crippen LogP contribution < -0.4 is 26.0 Å². The fourth-order valence-electron chi connectivity index (χ4n) is 3.51. The Morgan fingerprint density at radius 3 is 2.87 bits per heavy atom. The summed E-state index contributed by atoms with van der Waals surface area (Å²) in [5.41, 5.74) is 1.71. The number of rotatable bonds is 5. The minimum Gasteiger partial charge on any atom is -0.454 e. The maximum atomic E-state index is 12.9. The molecule has 3 heterocycles. The lowest BCUT2D eigenvalue weighted by Crippen LogP contribution is -2.34. The summed E-state index contributed by atoms with van der Waals surface area (Å²) in [7, 11) is 0. The number of hydrogen-bond acceptors (Lipinski definition) is 7. The average Bonchev–Trinajstić information content (AvgIpc) is 3.21. The number of benzene rings is 2. The Labute approximate surface area is 176 Å². The molecule has 0 unspecified atom stereocenters. The van der Waals surface area contributed by atoms with Gasteiger partial charge in [-0.25, -0.2) is 14.3 Å². The molecule has 9 heteroatoms. The summed E-state index contributed by atoms with van der Waals surface area (Å²) in [5.74, 6) is 1.81. The van der Waals surface area contributed by atoms with Crippen LogP contribution in [-0.2, 0) is 6.42 Å². The van der Waals surface area contributed by atoms with Crippen LogP contribution in [0.3, 0.4) is 0 Å². The number of hydrogen-bond donors (Lipinski definition) is 2. The van der Waals surface area contributed by atoms with Crippen LogP contribution in [-0.4, -0.2) is 32.9 Å². The third-order valence-corrected chi connectivity index (χ3v) is 5.04. The molecule has 0 aliphatic carbocycles. The van der Waals surface area contributed by atoms with Gasteiger partial charge in [0.2, 0.25) is 12.7 Å². The van der Waals surface area contributed by atoms with Gasteiger partial charge in [0.05, 0.1) is 5.69 Å². The predicted octanol–water partition coefficient (Wildman–Crippen LogP) is 2.16. The van der Waals surface area contributed by atoms with Gasteiger partial charge in [-0.3, -0.25) is 9.78 Å². The van der Waals surface area contributed by atoms with Gasteiger partial charge in [0.25, 0.3) is 5.56 Å². The van der Waals surface area contributed by atoms with Gasteiger partial charge in [0.1, 0.15) is 5.39 Å².